The van der Waals surface area contributed by atoms with Crippen molar-refractivity contribution >= 4 is 31.4 Å². The molecule has 0 aliphatic carbocycles. The molecule has 0 fully saturated rings. The number of hydrogen-bond acceptors (Lipinski definition) is 3. The van der Waals surface area contributed by atoms with Gasteiger partial charge in [0.1, 0.15) is 5.75 Å². The Morgan fingerprint density at radius 2 is 1.53 bits per heavy atom. The van der Waals surface area contributed by atoms with Gasteiger partial charge in [0.05, 0.1) is 0 Å². The summed E-state index contributed by atoms with van der Waals surface area (Å²) in [4.78, 5) is 0. The van der Waals surface area contributed by atoms with Gasteiger partial charge in [0.2, 0.25) is 9.92 Å². The minimum atomic E-state index is -2.65. The van der Waals surface area contributed by atoms with E-state index in [1.807, 2.05) is 36.4 Å². The lowest BCUT2D eigenvalue weighted by molar-refractivity contribution is 0.481. The van der Waals surface area contributed by atoms with Crippen LogP contribution >= 0.6 is 10.7 Å². The van der Waals surface area contributed by atoms with E-state index in [0.717, 1.165) is 10.8 Å². The van der Waals surface area contributed by atoms with Crippen LogP contribution in [0, 0.1) is 0 Å². The molecule has 0 aromatic heterocycles. The number of halogens is 1. The molecule has 0 aliphatic heterocycles. The molecular weight excluding hydrogens is 236 g/mol. The molecule has 0 aliphatic rings. The van der Waals surface area contributed by atoms with E-state index in [-0.39, 0.29) is 0 Å². The zero-order chi connectivity index (χ0) is 11.3. The minimum absolute atomic E-state index is 0.350. The van der Waals surface area contributed by atoms with Crippen LogP contribution in [0.4, 0.5) is 0 Å². The summed E-state index contributed by atoms with van der Waals surface area (Å²) >= 11 is 0. The number of phenolic OH excluding ortho intramolecular Hbond substituents is 1. The third kappa shape index (κ3) is 3.77. The van der Waals surface area contributed by atoms with Crippen molar-refractivity contribution < 1.29 is 13.5 Å². The third-order valence-corrected chi connectivity index (χ3v) is 1.77. The zero-order valence-corrected chi connectivity index (χ0v) is 9.28. The van der Waals surface area contributed by atoms with Crippen LogP contribution in [-0.4, -0.2) is 13.5 Å². The Balaban J connectivity index is 0.000000245. The molecule has 2 aromatic carbocycles. The van der Waals surface area contributed by atoms with E-state index >= 15 is 0 Å². The number of thiol groups is 1. The lowest BCUT2D eigenvalue weighted by Crippen LogP contribution is -1.70. The van der Waals surface area contributed by atoms with E-state index in [0.29, 0.717) is 5.75 Å². The molecule has 0 heterocycles. The van der Waals surface area contributed by atoms with Gasteiger partial charge in [0, 0.05) is 16.1 Å². The summed E-state index contributed by atoms with van der Waals surface area (Å²) in [6.45, 7) is 0. The fourth-order valence-corrected chi connectivity index (χ4v) is 1.21. The number of rotatable bonds is 0. The van der Waals surface area contributed by atoms with Crippen LogP contribution in [-0.2, 0) is 9.92 Å². The lowest BCUT2D eigenvalue weighted by atomic mass is 10.1. The van der Waals surface area contributed by atoms with Crippen molar-refractivity contribution in [1.29, 1.82) is 0 Å². The normalized spacial score (nSPS) is 9.73. The molecule has 5 heteroatoms. The van der Waals surface area contributed by atoms with Crippen molar-refractivity contribution in [3.05, 3.63) is 42.5 Å². The van der Waals surface area contributed by atoms with Gasteiger partial charge < -0.3 is 5.11 Å². The SMILES string of the molecule is O=[SH](=O)Cl.Oc1cccc2ccccc12. The fourth-order valence-electron chi connectivity index (χ4n) is 1.21. The number of fused-ring (bicyclic) bond motifs is 1. The Labute approximate surface area is 93.4 Å². The van der Waals surface area contributed by atoms with Gasteiger partial charge in [-0.3, -0.25) is 0 Å². The first-order valence-electron chi connectivity index (χ1n) is 4.08. The van der Waals surface area contributed by atoms with E-state index in [9.17, 15) is 5.11 Å². The molecule has 0 radical (unpaired) electrons. The summed E-state index contributed by atoms with van der Waals surface area (Å²) in [6, 6.07) is 13.3. The molecule has 0 saturated carbocycles. The van der Waals surface area contributed by atoms with E-state index < -0.39 is 9.92 Å². The van der Waals surface area contributed by atoms with E-state index in [1.165, 1.54) is 0 Å². The largest absolute Gasteiger partial charge is 0.507 e. The van der Waals surface area contributed by atoms with Crippen LogP contribution in [0.1, 0.15) is 0 Å². The highest BCUT2D eigenvalue weighted by Gasteiger charge is 1.94. The topological polar surface area (TPSA) is 54.4 Å². The van der Waals surface area contributed by atoms with Crippen LogP contribution in [0.3, 0.4) is 0 Å². The first-order valence-corrected chi connectivity index (χ1v) is 6.16. The summed E-state index contributed by atoms with van der Waals surface area (Å²) in [5.74, 6) is 0.350. The predicted octanol–water partition coefficient (Wildman–Crippen LogP) is 2.30. The first kappa shape index (κ1) is 11.8. The van der Waals surface area contributed by atoms with E-state index in [2.05, 4.69) is 10.7 Å². The van der Waals surface area contributed by atoms with E-state index in [1.54, 1.807) is 6.07 Å². The highest BCUT2D eigenvalue weighted by molar-refractivity contribution is 7.98. The Morgan fingerprint density at radius 1 is 1.00 bits per heavy atom. The molecule has 15 heavy (non-hydrogen) atoms. The summed E-state index contributed by atoms with van der Waals surface area (Å²) in [7, 11) is 1.58. The third-order valence-electron chi connectivity index (χ3n) is 1.77. The molecule has 0 spiro atoms. The van der Waals surface area contributed by atoms with Crippen molar-refractivity contribution in [3.8, 4) is 5.75 Å². The van der Waals surface area contributed by atoms with Gasteiger partial charge in [-0.25, -0.2) is 8.42 Å². The molecule has 2 aromatic rings. The highest BCUT2D eigenvalue weighted by atomic mass is 35.7. The van der Waals surface area contributed by atoms with Gasteiger partial charge in [-0.2, -0.15) is 0 Å². The number of hydrogen-bond donors (Lipinski definition) is 2. The molecule has 80 valence electrons. The smallest absolute Gasteiger partial charge is 0.222 e. The molecule has 0 saturated heterocycles. The van der Waals surface area contributed by atoms with Crippen LogP contribution in [0.15, 0.2) is 42.5 Å². The van der Waals surface area contributed by atoms with Gasteiger partial charge in [-0.05, 0) is 11.5 Å². The molecule has 0 atom stereocenters. The lowest BCUT2D eigenvalue weighted by Gasteiger charge is -1.97. The molecule has 0 amide bonds. The molecule has 0 bridgehead atoms. The van der Waals surface area contributed by atoms with Crippen LogP contribution in [0.25, 0.3) is 10.8 Å². The second kappa shape index (κ2) is 5.58. The molecule has 1 N–H and O–H groups in total. The maximum Gasteiger partial charge on any atom is 0.222 e. The Morgan fingerprint density at radius 3 is 2.13 bits per heavy atom. The van der Waals surface area contributed by atoms with Gasteiger partial charge in [0.15, 0.2) is 0 Å². The first-order chi connectivity index (χ1) is 7.11. The monoisotopic (exact) mass is 244 g/mol. The minimum Gasteiger partial charge on any atom is -0.507 e. The van der Waals surface area contributed by atoms with Crippen molar-refractivity contribution in [1.82, 2.24) is 0 Å². The van der Waals surface area contributed by atoms with E-state index in [4.69, 9.17) is 8.42 Å². The number of aromatic hydroxyl groups is 1. The van der Waals surface area contributed by atoms with Crippen molar-refractivity contribution in [2.45, 2.75) is 0 Å². The number of phenols is 1. The highest BCUT2D eigenvalue weighted by Crippen LogP contribution is 2.22. The van der Waals surface area contributed by atoms with Gasteiger partial charge >= 0.3 is 0 Å². The Bertz CT molecular complexity index is 510. The van der Waals surface area contributed by atoms with Gasteiger partial charge in [0.25, 0.3) is 0 Å². The molecule has 0 unspecified atom stereocenters. The van der Waals surface area contributed by atoms with Gasteiger partial charge in [-0.15, -0.1) is 0 Å². The fraction of sp³-hybridized carbons (Fsp3) is 0. The van der Waals surface area contributed by atoms with Crippen molar-refractivity contribution in [2.24, 2.45) is 0 Å². The number of benzene rings is 2. The summed E-state index contributed by atoms with van der Waals surface area (Å²) in [6.07, 6.45) is 0. The van der Waals surface area contributed by atoms with Crippen molar-refractivity contribution in [2.75, 3.05) is 0 Å². The average Bonchev–Trinajstić information content (AvgIpc) is 2.18. The van der Waals surface area contributed by atoms with Crippen LogP contribution in [0.2, 0.25) is 0 Å². The van der Waals surface area contributed by atoms with Crippen LogP contribution in [0.5, 0.6) is 5.75 Å². The predicted molar refractivity (Wildman–Crippen MR) is 61.8 cm³/mol. The molecular formula is C10H9ClO3S. The second-order valence-corrected chi connectivity index (χ2v) is 3.96. The van der Waals surface area contributed by atoms with Crippen LogP contribution < -0.4 is 0 Å². The Kier molecular flexibility index (Phi) is 4.39. The summed E-state index contributed by atoms with van der Waals surface area (Å²) < 4.78 is 17.6. The zero-order valence-electron chi connectivity index (χ0n) is 7.63. The molecule has 3 nitrogen and oxygen atoms in total. The Hall–Kier alpha value is -1.26. The molecule has 2 rings (SSSR count). The summed E-state index contributed by atoms with van der Waals surface area (Å²) in [5.41, 5.74) is 0. The average molecular weight is 245 g/mol. The summed E-state index contributed by atoms with van der Waals surface area (Å²) in [5, 5.41) is 11.4. The van der Waals surface area contributed by atoms with Gasteiger partial charge in [-0.1, -0.05) is 36.4 Å². The standard InChI is InChI=1S/C10H8O.ClHO2S/c11-10-7-3-5-8-4-1-2-6-9(8)10;1-4(2)3/h1-7,11H;4H. The quantitative estimate of drug-likeness (QED) is 0.552. The van der Waals surface area contributed by atoms with Crippen molar-refractivity contribution in [3.63, 3.8) is 0 Å². The second-order valence-electron chi connectivity index (χ2n) is 2.71. The maximum atomic E-state index is 9.37. The maximum absolute atomic E-state index is 9.37.